The molecule has 0 saturated heterocycles. The Morgan fingerprint density at radius 2 is 1.10 bits per heavy atom. The topological polar surface area (TPSA) is 0 Å². The molecule has 0 amide bonds. The second-order valence-electron chi connectivity index (χ2n) is 8.08. The third-order valence-electron chi connectivity index (χ3n) is 3.98. The molecule has 112 valence electrons. The molecule has 0 fully saturated rings. The van der Waals surface area contributed by atoms with Gasteiger partial charge in [0.2, 0.25) is 0 Å². The Labute approximate surface area is 130 Å². The van der Waals surface area contributed by atoms with Crippen molar-refractivity contribution in [2.75, 3.05) is 0 Å². The van der Waals surface area contributed by atoms with Crippen LogP contribution in [-0.2, 0) is 17.3 Å². The molecule has 0 radical (unpaired) electrons. The molecular formula is C21H28. The van der Waals surface area contributed by atoms with Gasteiger partial charge in [0.25, 0.3) is 0 Å². The molecule has 0 spiro atoms. The van der Waals surface area contributed by atoms with Crippen LogP contribution in [0.25, 0.3) is 0 Å². The van der Waals surface area contributed by atoms with Crippen molar-refractivity contribution in [3.8, 4) is 0 Å². The smallest absolute Gasteiger partial charge is 0.00256 e. The van der Waals surface area contributed by atoms with Crippen molar-refractivity contribution in [2.45, 2.75) is 58.8 Å². The molecule has 0 aliphatic heterocycles. The summed E-state index contributed by atoms with van der Waals surface area (Å²) in [5.74, 6) is 0. The van der Waals surface area contributed by atoms with E-state index in [1.165, 1.54) is 22.3 Å². The van der Waals surface area contributed by atoms with Gasteiger partial charge < -0.3 is 0 Å². The minimum atomic E-state index is 0.187. The van der Waals surface area contributed by atoms with Crippen molar-refractivity contribution in [2.24, 2.45) is 0 Å². The molecule has 21 heavy (non-hydrogen) atoms. The molecular weight excluding hydrogens is 252 g/mol. The lowest BCUT2D eigenvalue weighted by Crippen LogP contribution is -2.17. The summed E-state index contributed by atoms with van der Waals surface area (Å²) >= 11 is 0. The molecule has 0 saturated carbocycles. The highest BCUT2D eigenvalue weighted by molar-refractivity contribution is 5.39. The summed E-state index contributed by atoms with van der Waals surface area (Å²) in [4.78, 5) is 0. The molecule has 0 aromatic heterocycles. The first-order valence-electron chi connectivity index (χ1n) is 7.85. The van der Waals surface area contributed by atoms with Crippen LogP contribution in [0.3, 0.4) is 0 Å². The highest BCUT2D eigenvalue weighted by Crippen LogP contribution is 2.31. The number of hydrogen-bond donors (Lipinski definition) is 0. The molecule has 0 N–H and O–H groups in total. The summed E-state index contributed by atoms with van der Waals surface area (Å²) in [5.41, 5.74) is 6.03. The van der Waals surface area contributed by atoms with Crippen LogP contribution < -0.4 is 0 Å². The second-order valence-corrected chi connectivity index (χ2v) is 8.08. The lowest BCUT2D eigenvalue weighted by molar-refractivity contribution is 0.567. The van der Waals surface area contributed by atoms with Gasteiger partial charge in [-0.1, -0.05) is 90.1 Å². The van der Waals surface area contributed by atoms with Crippen molar-refractivity contribution in [3.63, 3.8) is 0 Å². The van der Waals surface area contributed by atoms with Crippen molar-refractivity contribution in [3.05, 3.63) is 70.8 Å². The predicted molar refractivity (Wildman–Crippen MR) is 93.1 cm³/mol. The van der Waals surface area contributed by atoms with Gasteiger partial charge in [0.15, 0.2) is 0 Å². The largest absolute Gasteiger partial charge is 0.0622 e. The SMILES string of the molecule is CC(C)(C)c1cc(Cc2ccccc2)cc(C(C)(C)C)c1. The number of hydrogen-bond acceptors (Lipinski definition) is 0. The van der Waals surface area contributed by atoms with Gasteiger partial charge in [0, 0.05) is 0 Å². The quantitative estimate of drug-likeness (QED) is 0.645. The molecule has 0 unspecified atom stereocenters. The van der Waals surface area contributed by atoms with Gasteiger partial charge >= 0.3 is 0 Å². The van der Waals surface area contributed by atoms with Crippen molar-refractivity contribution >= 4 is 0 Å². The third-order valence-corrected chi connectivity index (χ3v) is 3.98. The fraction of sp³-hybridized carbons (Fsp3) is 0.429. The fourth-order valence-corrected chi connectivity index (χ4v) is 2.49. The van der Waals surface area contributed by atoms with Gasteiger partial charge in [0.05, 0.1) is 0 Å². The normalized spacial score (nSPS) is 12.5. The average Bonchev–Trinajstić information content (AvgIpc) is 2.37. The maximum atomic E-state index is 2.38. The van der Waals surface area contributed by atoms with E-state index in [0.717, 1.165) is 6.42 Å². The maximum absolute atomic E-state index is 2.38. The molecule has 0 heteroatoms. The van der Waals surface area contributed by atoms with Crippen LogP contribution in [0.5, 0.6) is 0 Å². The molecule has 0 nitrogen and oxygen atoms in total. The molecule has 0 heterocycles. The zero-order chi connectivity index (χ0) is 15.7. The minimum Gasteiger partial charge on any atom is -0.0622 e. The first-order valence-corrected chi connectivity index (χ1v) is 7.85. The summed E-state index contributed by atoms with van der Waals surface area (Å²) in [6.45, 7) is 13.8. The zero-order valence-corrected chi connectivity index (χ0v) is 14.3. The second kappa shape index (κ2) is 5.67. The van der Waals surface area contributed by atoms with Crippen molar-refractivity contribution in [1.29, 1.82) is 0 Å². The van der Waals surface area contributed by atoms with Crippen LogP contribution in [0, 0.1) is 0 Å². The third kappa shape index (κ3) is 4.20. The average molecular weight is 280 g/mol. The first kappa shape index (κ1) is 15.8. The van der Waals surface area contributed by atoms with Crippen LogP contribution in [0.4, 0.5) is 0 Å². The Hall–Kier alpha value is -1.56. The Bertz CT molecular complexity index is 560. The zero-order valence-electron chi connectivity index (χ0n) is 14.3. The van der Waals surface area contributed by atoms with Gasteiger partial charge in [-0.25, -0.2) is 0 Å². The van der Waals surface area contributed by atoms with Gasteiger partial charge in [0.1, 0.15) is 0 Å². The minimum absolute atomic E-state index is 0.187. The van der Waals surface area contributed by atoms with E-state index in [2.05, 4.69) is 90.1 Å². The molecule has 0 aliphatic carbocycles. The Morgan fingerprint density at radius 1 is 0.619 bits per heavy atom. The van der Waals surface area contributed by atoms with E-state index >= 15 is 0 Å². The van der Waals surface area contributed by atoms with E-state index in [1.807, 2.05) is 0 Å². The van der Waals surface area contributed by atoms with Gasteiger partial charge in [-0.15, -0.1) is 0 Å². The van der Waals surface area contributed by atoms with E-state index in [1.54, 1.807) is 0 Å². The van der Waals surface area contributed by atoms with E-state index in [-0.39, 0.29) is 10.8 Å². The van der Waals surface area contributed by atoms with Gasteiger partial charge in [-0.05, 0) is 39.5 Å². The van der Waals surface area contributed by atoms with E-state index in [9.17, 15) is 0 Å². The summed E-state index contributed by atoms with van der Waals surface area (Å²) in [6, 6.07) is 17.9. The van der Waals surface area contributed by atoms with Crippen LogP contribution in [0.2, 0.25) is 0 Å². The number of rotatable bonds is 2. The lowest BCUT2D eigenvalue weighted by Gasteiger charge is -2.26. The van der Waals surface area contributed by atoms with E-state index in [0.29, 0.717) is 0 Å². The number of benzene rings is 2. The monoisotopic (exact) mass is 280 g/mol. The highest BCUT2D eigenvalue weighted by atomic mass is 14.2. The summed E-state index contributed by atoms with van der Waals surface area (Å²) < 4.78 is 0. The van der Waals surface area contributed by atoms with Crippen molar-refractivity contribution < 1.29 is 0 Å². The summed E-state index contributed by atoms with van der Waals surface area (Å²) in [6.07, 6.45) is 1.01. The Kier molecular flexibility index (Phi) is 4.27. The van der Waals surface area contributed by atoms with E-state index in [4.69, 9.17) is 0 Å². The van der Waals surface area contributed by atoms with Crippen LogP contribution in [-0.4, -0.2) is 0 Å². The van der Waals surface area contributed by atoms with Crippen LogP contribution in [0.1, 0.15) is 63.8 Å². The molecule has 2 rings (SSSR count). The molecule has 0 atom stereocenters. The maximum Gasteiger partial charge on any atom is -0.00256 e. The molecule has 2 aromatic rings. The Morgan fingerprint density at radius 3 is 1.52 bits per heavy atom. The highest BCUT2D eigenvalue weighted by Gasteiger charge is 2.20. The van der Waals surface area contributed by atoms with Gasteiger partial charge in [-0.3, -0.25) is 0 Å². The Balaban J connectivity index is 2.45. The summed E-state index contributed by atoms with van der Waals surface area (Å²) in [5, 5.41) is 0. The first-order chi connectivity index (χ1) is 9.66. The molecule has 2 aromatic carbocycles. The van der Waals surface area contributed by atoms with E-state index < -0.39 is 0 Å². The van der Waals surface area contributed by atoms with Crippen LogP contribution in [0.15, 0.2) is 48.5 Å². The summed E-state index contributed by atoms with van der Waals surface area (Å²) in [7, 11) is 0. The van der Waals surface area contributed by atoms with Crippen LogP contribution >= 0.6 is 0 Å². The predicted octanol–water partition coefficient (Wildman–Crippen LogP) is 5.87. The molecule has 0 bridgehead atoms. The van der Waals surface area contributed by atoms with Crippen molar-refractivity contribution in [1.82, 2.24) is 0 Å². The molecule has 0 aliphatic rings. The van der Waals surface area contributed by atoms with Gasteiger partial charge in [-0.2, -0.15) is 0 Å². The lowest BCUT2D eigenvalue weighted by atomic mass is 9.79. The fourth-order valence-electron chi connectivity index (χ4n) is 2.49. The standard InChI is InChI=1S/C21H28/c1-20(2,3)18-13-17(12-16-10-8-7-9-11-16)14-19(15-18)21(4,5)6/h7-11,13-15H,12H2,1-6H3.